The molecule has 2 N–H and O–H groups in total. The highest BCUT2D eigenvalue weighted by molar-refractivity contribution is 6.33. The summed E-state index contributed by atoms with van der Waals surface area (Å²) < 4.78 is 33.5. The third-order valence-corrected chi connectivity index (χ3v) is 7.90. The molecule has 0 spiro atoms. The van der Waals surface area contributed by atoms with Crippen molar-refractivity contribution in [1.82, 2.24) is 24.4 Å². The van der Waals surface area contributed by atoms with E-state index in [1.165, 1.54) is 19.4 Å². The number of halogens is 2. The summed E-state index contributed by atoms with van der Waals surface area (Å²) in [5.74, 6) is 0.435. The van der Waals surface area contributed by atoms with Gasteiger partial charge in [0, 0.05) is 37.0 Å². The summed E-state index contributed by atoms with van der Waals surface area (Å²) in [4.78, 5) is 27.2. The van der Waals surface area contributed by atoms with Crippen molar-refractivity contribution in [2.24, 2.45) is 0 Å². The van der Waals surface area contributed by atoms with Crippen LogP contribution < -0.4 is 5.32 Å². The van der Waals surface area contributed by atoms with Crippen molar-refractivity contribution in [1.29, 1.82) is 0 Å². The molecule has 1 unspecified atom stereocenters. The van der Waals surface area contributed by atoms with E-state index in [1.54, 1.807) is 4.90 Å². The maximum Gasteiger partial charge on any atom is 0.409 e. The van der Waals surface area contributed by atoms with Gasteiger partial charge in [-0.25, -0.2) is 24.1 Å². The number of anilines is 1. The first-order chi connectivity index (χ1) is 18.7. The molecule has 5 heterocycles. The van der Waals surface area contributed by atoms with E-state index >= 15 is 4.39 Å². The topological polar surface area (TPSA) is 124 Å². The first-order valence-corrected chi connectivity index (χ1v) is 13.4. The van der Waals surface area contributed by atoms with Gasteiger partial charge in [0.25, 0.3) is 0 Å². The van der Waals surface area contributed by atoms with Crippen LogP contribution in [-0.4, -0.2) is 87.0 Å². The Morgan fingerprint density at radius 1 is 1.33 bits per heavy atom. The average molecular weight is 561 g/mol. The highest BCUT2D eigenvalue weighted by Crippen LogP contribution is 2.36. The monoisotopic (exact) mass is 560 g/mol. The molecule has 11 nitrogen and oxygen atoms in total. The van der Waals surface area contributed by atoms with Crippen molar-refractivity contribution < 1.29 is 28.5 Å². The number of aliphatic hydroxyl groups excluding tert-OH is 1. The first kappa shape index (κ1) is 26.2. The number of methoxy groups -OCH3 is 1. The van der Waals surface area contributed by atoms with Crippen molar-refractivity contribution in [3.05, 3.63) is 35.0 Å². The fraction of sp³-hybridized carbons (Fsp3) is 0.538. The van der Waals surface area contributed by atoms with Gasteiger partial charge in [-0.1, -0.05) is 11.6 Å². The van der Waals surface area contributed by atoms with Crippen LogP contribution in [0.25, 0.3) is 22.3 Å². The van der Waals surface area contributed by atoms with Gasteiger partial charge in [0.05, 0.1) is 42.2 Å². The number of hydrogen-bond acceptors (Lipinski definition) is 9. The number of carbonyl (C=O) groups is 1. The van der Waals surface area contributed by atoms with Gasteiger partial charge in [-0.15, -0.1) is 0 Å². The molecule has 2 aromatic heterocycles. The minimum absolute atomic E-state index is 0.0162. The number of likely N-dealkylation sites (tertiary alicyclic amines) is 1. The molecular weight excluding hydrogens is 531 g/mol. The van der Waals surface area contributed by atoms with E-state index in [0.717, 1.165) is 5.82 Å². The normalized spacial score (nSPS) is 26.5. The smallest absolute Gasteiger partial charge is 0.409 e. The maximum atomic E-state index is 15.6. The van der Waals surface area contributed by atoms with Crippen molar-refractivity contribution in [2.75, 3.05) is 32.1 Å². The van der Waals surface area contributed by atoms with E-state index in [1.807, 2.05) is 24.5 Å². The van der Waals surface area contributed by atoms with Crippen LogP contribution in [0.1, 0.15) is 44.5 Å². The predicted molar refractivity (Wildman–Crippen MR) is 140 cm³/mol. The van der Waals surface area contributed by atoms with Crippen LogP contribution in [0, 0.1) is 5.82 Å². The Bertz CT molecular complexity index is 1420. The van der Waals surface area contributed by atoms with E-state index in [9.17, 15) is 9.90 Å². The fourth-order valence-electron chi connectivity index (χ4n) is 5.74. The first-order valence-electron chi connectivity index (χ1n) is 13.0. The van der Waals surface area contributed by atoms with Crippen LogP contribution in [0.3, 0.4) is 0 Å². The lowest BCUT2D eigenvalue weighted by atomic mass is 10.0. The summed E-state index contributed by atoms with van der Waals surface area (Å²) >= 11 is 6.50. The van der Waals surface area contributed by atoms with E-state index in [4.69, 9.17) is 30.8 Å². The van der Waals surface area contributed by atoms with Gasteiger partial charge in [-0.05, 0) is 32.4 Å². The standard InChI is InChI=1S/C26H30ClFN6O5/c1-12(2)34-18-7-14(6-16(28)22(18)31-24(34)13-4-5-33(10-13)26(36)37-3)21-15(27)9-29-25(32-21)30-17-8-20-38-11-19(39-20)23(17)35/h6-7,9,12-13,17,19-20,23,35H,4-5,8,10-11H2,1-3H3,(H,29,30,32)/t13-,17?,19+,20+,23+/m1/s1. The van der Waals surface area contributed by atoms with E-state index < -0.39 is 18.0 Å². The van der Waals surface area contributed by atoms with Crippen LogP contribution in [0.4, 0.5) is 15.1 Å². The molecule has 0 radical (unpaired) electrons. The highest BCUT2D eigenvalue weighted by atomic mass is 35.5. The molecule has 3 aromatic rings. The van der Waals surface area contributed by atoms with Gasteiger partial charge in [0.15, 0.2) is 12.1 Å². The highest BCUT2D eigenvalue weighted by Gasteiger charge is 2.43. The van der Waals surface area contributed by atoms with Gasteiger partial charge in [0.2, 0.25) is 5.95 Å². The second kappa shape index (κ2) is 10.2. The number of nitrogens with one attached hydrogen (secondary N) is 1. The summed E-state index contributed by atoms with van der Waals surface area (Å²) in [5.41, 5.74) is 1.70. The molecule has 0 saturated carbocycles. The molecule has 3 aliphatic heterocycles. The minimum atomic E-state index is -0.787. The molecule has 3 fully saturated rings. The van der Waals surface area contributed by atoms with Crippen LogP contribution in [-0.2, 0) is 14.2 Å². The molecule has 208 valence electrons. The van der Waals surface area contributed by atoms with E-state index in [-0.39, 0.29) is 46.9 Å². The molecule has 39 heavy (non-hydrogen) atoms. The molecule has 3 aliphatic rings. The molecule has 3 saturated heterocycles. The van der Waals surface area contributed by atoms with Crippen molar-refractivity contribution in [3.63, 3.8) is 0 Å². The summed E-state index contributed by atoms with van der Waals surface area (Å²) in [7, 11) is 1.36. The summed E-state index contributed by atoms with van der Waals surface area (Å²) in [6.45, 7) is 5.36. The molecule has 2 bridgehead atoms. The third-order valence-electron chi connectivity index (χ3n) is 7.62. The fourth-order valence-corrected chi connectivity index (χ4v) is 5.94. The largest absolute Gasteiger partial charge is 0.453 e. The quantitative estimate of drug-likeness (QED) is 0.480. The van der Waals surface area contributed by atoms with Gasteiger partial charge >= 0.3 is 6.09 Å². The molecule has 6 rings (SSSR count). The van der Waals surface area contributed by atoms with Crippen LogP contribution >= 0.6 is 11.6 Å². The Morgan fingerprint density at radius 2 is 2.15 bits per heavy atom. The number of nitrogens with zero attached hydrogens (tertiary/aromatic N) is 5. The molecule has 13 heteroatoms. The average Bonchev–Trinajstić information content (AvgIpc) is 3.65. The number of ether oxygens (including phenoxy) is 3. The zero-order chi connectivity index (χ0) is 27.4. The molecule has 1 aromatic carbocycles. The lowest BCUT2D eigenvalue weighted by Gasteiger charge is -2.32. The van der Waals surface area contributed by atoms with Gasteiger partial charge in [-0.3, -0.25) is 0 Å². The lowest BCUT2D eigenvalue weighted by Crippen LogP contribution is -2.48. The van der Waals surface area contributed by atoms with Crippen molar-refractivity contribution >= 4 is 34.7 Å². The Balaban J connectivity index is 1.35. The lowest BCUT2D eigenvalue weighted by molar-refractivity contribution is -0.123. The van der Waals surface area contributed by atoms with Crippen LogP contribution in [0.2, 0.25) is 5.02 Å². The second-order valence-corrected chi connectivity index (χ2v) is 10.9. The third kappa shape index (κ3) is 4.69. The zero-order valence-electron chi connectivity index (χ0n) is 21.8. The Hall–Kier alpha value is -3.06. The SMILES string of the molecule is COC(=O)N1CC[C@@H](c2nc3c(F)cc(-c4nc(NC5C[C@H]6OC[C@H](O6)[C@H]5O)ncc4Cl)cc3n2C(C)C)C1. The number of aromatic nitrogens is 4. The Morgan fingerprint density at radius 3 is 2.92 bits per heavy atom. The number of fused-ring (bicyclic) bond motifs is 3. The minimum Gasteiger partial charge on any atom is -0.453 e. The number of carbonyl (C=O) groups excluding carboxylic acids is 1. The number of rotatable bonds is 5. The summed E-state index contributed by atoms with van der Waals surface area (Å²) in [6, 6.07) is 2.81. The summed E-state index contributed by atoms with van der Waals surface area (Å²) in [6.07, 6.45) is 0.635. The molecule has 5 atom stereocenters. The van der Waals surface area contributed by atoms with Gasteiger partial charge in [0.1, 0.15) is 23.5 Å². The molecular formula is C26H30ClFN6O5. The molecule has 1 amide bonds. The van der Waals surface area contributed by atoms with Gasteiger partial charge in [-0.2, -0.15) is 0 Å². The number of imidazole rings is 1. The van der Waals surface area contributed by atoms with Crippen LogP contribution in [0.5, 0.6) is 0 Å². The number of aliphatic hydroxyl groups is 1. The number of hydrogen-bond donors (Lipinski definition) is 2. The van der Waals surface area contributed by atoms with Gasteiger partial charge < -0.3 is 34.1 Å². The van der Waals surface area contributed by atoms with Crippen molar-refractivity contribution in [2.45, 2.75) is 63.2 Å². The second-order valence-electron chi connectivity index (χ2n) is 10.5. The number of amides is 1. The van der Waals surface area contributed by atoms with E-state index in [0.29, 0.717) is 49.3 Å². The summed E-state index contributed by atoms with van der Waals surface area (Å²) in [5, 5.41) is 14.0. The van der Waals surface area contributed by atoms with Crippen LogP contribution in [0.15, 0.2) is 18.3 Å². The zero-order valence-corrected chi connectivity index (χ0v) is 22.6. The molecule has 0 aliphatic carbocycles. The predicted octanol–water partition coefficient (Wildman–Crippen LogP) is 3.71. The van der Waals surface area contributed by atoms with E-state index in [2.05, 4.69) is 15.3 Å². The number of benzene rings is 1. The Labute approximate surface area is 229 Å². The van der Waals surface area contributed by atoms with Crippen molar-refractivity contribution in [3.8, 4) is 11.3 Å². The maximum absolute atomic E-state index is 15.6. The Kier molecular flexibility index (Phi) is 6.82.